The second-order valence-corrected chi connectivity index (χ2v) is 9.84. The molecule has 3 atom stereocenters. The lowest BCUT2D eigenvalue weighted by atomic mass is 9.98. The first-order valence-corrected chi connectivity index (χ1v) is 11.7. The zero-order valence-electron chi connectivity index (χ0n) is 16.1. The third-order valence-corrected chi connectivity index (χ3v) is 7.92. The molecule has 2 saturated heterocycles. The van der Waals surface area contributed by atoms with E-state index >= 15 is 0 Å². The number of thioether (sulfide) groups is 1. The highest BCUT2D eigenvalue weighted by Gasteiger charge is 2.33. The van der Waals surface area contributed by atoms with Crippen LogP contribution in [0.15, 0.2) is 24.3 Å². The molecule has 1 N–H and O–H groups in total. The van der Waals surface area contributed by atoms with Crippen molar-refractivity contribution in [3.05, 3.63) is 29.3 Å². The number of thiazole rings is 1. The summed E-state index contributed by atoms with van der Waals surface area (Å²) < 4.78 is 6.08. The molecule has 1 unspecified atom stereocenters. The van der Waals surface area contributed by atoms with Crippen LogP contribution >= 0.6 is 23.1 Å². The van der Waals surface area contributed by atoms with Gasteiger partial charge in [-0.05, 0) is 25.0 Å². The van der Waals surface area contributed by atoms with Crippen LogP contribution in [-0.2, 0) is 14.3 Å². The van der Waals surface area contributed by atoms with Crippen molar-refractivity contribution in [3.8, 4) is 0 Å². The Labute approximate surface area is 173 Å². The number of likely N-dealkylation sites (tertiary alicyclic amines) is 1. The second kappa shape index (κ2) is 8.80. The molecule has 3 heterocycles. The lowest BCUT2D eigenvalue weighted by Gasteiger charge is -2.33. The van der Waals surface area contributed by atoms with Gasteiger partial charge in [0.25, 0.3) is 5.91 Å². The van der Waals surface area contributed by atoms with Gasteiger partial charge in [-0.3, -0.25) is 9.59 Å². The van der Waals surface area contributed by atoms with E-state index in [0.717, 1.165) is 37.2 Å². The van der Waals surface area contributed by atoms with Gasteiger partial charge in [-0.25, -0.2) is 4.98 Å². The number of nitrogens with zero attached hydrogens (tertiary/aromatic N) is 2. The molecule has 2 fully saturated rings. The van der Waals surface area contributed by atoms with Crippen molar-refractivity contribution in [2.24, 2.45) is 0 Å². The molecule has 0 bridgehead atoms. The van der Waals surface area contributed by atoms with Crippen LogP contribution in [0.1, 0.15) is 23.8 Å². The summed E-state index contributed by atoms with van der Waals surface area (Å²) in [4.78, 5) is 32.6. The Balaban J connectivity index is 1.36. The summed E-state index contributed by atoms with van der Waals surface area (Å²) in [6, 6.07) is 8.28. The van der Waals surface area contributed by atoms with E-state index in [0.29, 0.717) is 25.6 Å². The first-order valence-electron chi connectivity index (χ1n) is 9.80. The van der Waals surface area contributed by atoms with Crippen molar-refractivity contribution in [1.82, 2.24) is 9.88 Å². The number of aromatic nitrogens is 1. The zero-order valence-corrected chi connectivity index (χ0v) is 17.7. The summed E-state index contributed by atoms with van der Waals surface area (Å²) in [6.07, 6.45) is 2.26. The van der Waals surface area contributed by atoms with Crippen molar-refractivity contribution in [2.45, 2.75) is 24.0 Å². The highest BCUT2D eigenvalue weighted by molar-refractivity contribution is 8.00. The average Bonchev–Trinajstić information content (AvgIpc) is 3.18. The third-order valence-electron chi connectivity index (χ3n) is 5.56. The van der Waals surface area contributed by atoms with Gasteiger partial charge in [0.2, 0.25) is 0 Å². The molecule has 150 valence electrons. The normalized spacial score (nSPS) is 25.6. The molecule has 2 aromatic rings. The van der Waals surface area contributed by atoms with Crippen LogP contribution < -0.4 is 4.90 Å². The van der Waals surface area contributed by atoms with Crippen LogP contribution in [0.5, 0.6) is 0 Å². The summed E-state index contributed by atoms with van der Waals surface area (Å²) in [6.45, 7) is 3.65. The number of carbonyl (C=O) groups excluding carboxylic acids is 2. The van der Waals surface area contributed by atoms with Crippen LogP contribution in [0.4, 0.5) is 0 Å². The molecular formula is C20H26N3O3S2+. The number of methoxy groups -OCH3 is 1. The number of esters is 1. The maximum absolute atomic E-state index is 12.8. The van der Waals surface area contributed by atoms with Crippen molar-refractivity contribution in [1.29, 1.82) is 0 Å². The molecule has 0 saturated carbocycles. The number of hydrogen-bond acceptors (Lipinski definition) is 6. The molecule has 0 radical (unpaired) electrons. The standard InChI is InChI=1S/C20H25N3O3S2/c1-26-20(25)17-12-23(9-10-27-17)18(24)13-22-8-4-5-14(11-22)19-21-15-6-2-3-7-16(15)28-19/h2-3,6-7,14,17H,4-5,8-13H2,1H3/p+1/t14-,17+/m0/s1. The Hall–Kier alpha value is -1.64. The van der Waals surface area contributed by atoms with Crippen molar-refractivity contribution >= 4 is 45.2 Å². The predicted octanol–water partition coefficient (Wildman–Crippen LogP) is 1.18. The summed E-state index contributed by atoms with van der Waals surface area (Å²) in [5.41, 5.74) is 1.07. The van der Waals surface area contributed by atoms with Gasteiger partial charge in [0.1, 0.15) is 10.3 Å². The number of hydrogen-bond donors (Lipinski definition) is 1. The number of amides is 1. The molecule has 2 aliphatic heterocycles. The van der Waals surface area contributed by atoms with Gasteiger partial charge in [0.05, 0.1) is 36.3 Å². The fourth-order valence-electron chi connectivity index (χ4n) is 4.06. The third kappa shape index (κ3) is 4.34. The van der Waals surface area contributed by atoms with Gasteiger partial charge in [-0.15, -0.1) is 23.1 Å². The Bertz CT molecular complexity index is 823. The maximum Gasteiger partial charge on any atom is 0.320 e. The van der Waals surface area contributed by atoms with E-state index in [1.54, 1.807) is 23.1 Å². The monoisotopic (exact) mass is 420 g/mol. The van der Waals surface area contributed by atoms with E-state index in [2.05, 4.69) is 18.2 Å². The number of benzene rings is 1. The molecule has 0 aliphatic carbocycles. The molecule has 1 aromatic carbocycles. The van der Waals surface area contributed by atoms with E-state index in [1.807, 2.05) is 11.0 Å². The van der Waals surface area contributed by atoms with E-state index in [-0.39, 0.29) is 17.1 Å². The first kappa shape index (κ1) is 19.7. The van der Waals surface area contributed by atoms with Crippen LogP contribution in [0.25, 0.3) is 10.2 Å². The minimum Gasteiger partial charge on any atom is -0.468 e. The molecule has 6 nitrogen and oxygen atoms in total. The molecule has 28 heavy (non-hydrogen) atoms. The van der Waals surface area contributed by atoms with Crippen molar-refractivity contribution < 1.29 is 19.2 Å². The fourth-order valence-corrected chi connectivity index (χ4v) is 6.29. The van der Waals surface area contributed by atoms with Gasteiger partial charge >= 0.3 is 5.97 Å². The number of quaternary nitrogens is 1. The summed E-state index contributed by atoms with van der Waals surface area (Å²) in [5, 5.41) is 0.945. The Morgan fingerprint density at radius 2 is 2.21 bits per heavy atom. The molecule has 1 amide bonds. The van der Waals surface area contributed by atoms with Gasteiger partial charge in [-0.2, -0.15) is 0 Å². The quantitative estimate of drug-likeness (QED) is 0.753. The van der Waals surface area contributed by atoms with Crippen LogP contribution in [-0.4, -0.2) is 72.6 Å². The Morgan fingerprint density at radius 3 is 3.04 bits per heavy atom. The lowest BCUT2D eigenvalue weighted by Crippen LogP contribution is -3.14. The molecule has 2 aliphatic rings. The molecule has 0 spiro atoms. The highest BCUT2D eigenvalue weighted by Crippen LogP contribution is 2.30. The van der Waals surface area contributed by atoms with Crippen LogP contribution in [0.3, 0.4) is 0 Å². The van der Waals surface area contributed by atoms with E-state index in [9.17, 15) is 9.59 Å². The van der Waals surface area contributed by atoms with Gasteiger partial charge in [-0.1, -0.05) is 12.1 Å². The summed E-state index contributed by atoms with van der Waals surface area (Å²) in [5.74, 6) is 1.13. The fraction of sp³-hybridized carbons (Fsp3) is 0.550. The minimum atomic E-state index is -0.255. The van der Waals surface area contributed by atoms with Gasteiger partial charge in [0.15, 0.2) is 6.54 Å². The number of fused-ring (bicyclic) bond motifs is 1. The maximum atomic E-state index is 12.8. The molecule has 1 aromatic heterocycles. The lowest BCUT2D eigenvalue weighted by molar-refractivity contribution is -0.898. The highest BCUT2D eigenvalue weighted by atomic mass is 32.2. The van der Waals surface area contributed by atoms with Crippen molar-refractivity contribution in [3.63, 3.8) is 0 Å². The average molecular weight is 421 g/mol. The largest absolute Gasteiger partial charge is 0.468 e. The molecule has 8 heteroatoms. The Kier molecular flexibility index (Phi) is 6.18. The minimum absolute atomic E-state index is 0.147. The Morgan fingerprint density at radius 1 is 1.36 bits per heavy atom. The predicted molar refractivity (Wildman–Crippen MR) is 112 cm³/mol. The smallest absolute Gasteiger partial charge is 0.320 e. The van der Waals surface area contributed by atoms with E-state index in [1.165, 1.54) is 21.7 Å². The number of ether oxygens (including phenoxy) is 1. The first-order chi connectivity index (χ1) is 13.6. The topological polar surface area (TPSA) is 63.9 Å². The number of carbonyl (C=O) groups is 2. The molecular weight excluding hydrogens is 394 g/mol. The number of piperidine rings is 1. The van der Waals surface area contributed by atoms with Crippen LogP contribution in [0, 0.1) is 0 Å². The number of nitrogens with one attached hydrogen (secondary N) is 1. The second-order valence-electron chi connectivity index (χ2n) is 7.46. The number of rotatable bonds is 4. The van der Waals surface area contributed by atoms with Crippen molar-refractivity contribution in [2.75, 3.05) is 45.6 Å². The van der Waals surface area contributed by atoms with Gasteiger partial charge in [0, 0.05) is 18.8 Å². The molecule has 4 rings (SSSR count). The number of para-hydroxylation sites is 1. The zero-order chi connectivity index (χ0) is 19.5. The summed E-state index contributed by atoms with van der Waals surface area (Å²) >= 11 is 3.37. The summed E-state index contributed by atoms with van der Waals surface area (Å²) in [7, 11) is 1.41. The van der Waals surface area contributed by atoms with Crippen LogP contribution in [0.2, 0.25) is 0 Å². The van der Waals surface area contributed by atoms with E-state index in [4.69, 9.17) is 9.72 Å². The van der Waals surface area contributed by atoms with E-state index < -0.39 is 0 Å². The SMILES string of the molecule is COC(=O)[C@H]1CN(C(=O)C[NH+]2CCC[C@H](c3nc4ccccc4s3)C2)CCS1. The van der Waals surface area contributed by atoms with Gasteiger partial charge < -0.3 is 14.5 Å².